The molecule has 1 aliphatic rings. The first-order valence-electron chi connectivity index (χ1n) is 7.79. The molecule has 8 heteroatoms. The van der Waals surface area contributed by atoms with Crippen molar-refractivity contribution in [2.45, 2.75) is 18.0 Å². The van der Waals surface area contributed by atoms with Gasteiger partial charge in [0.2, 0.25) is 5.91 Å². The zero-order valence-corrected chi connectivity index (χ0v) is 14.5. The zero-order valence-electron chi connectivity index (χ0n) is 13.7. The number of carbonyl (C=O) groups is 3. The number of nitrogens with zero attached hydrogens (tertiary/aromatic N) is 3. The van der Waals surface area contributed by atoms with E-state index in [1.807, 2.05) is 36.6 Å². The van der Waals surface area contributed by atoms with Gasteiger partial charge in [0.05, 0.1) is 6.20 Å². The number of ether oxygens (including phenoxy) is 1. The van der Waals surface area contributed by atoms with Crippen LogP contribution in [0.2, 0.25) is 0 Å². The first kappa shape index (κ1) is 17.2. The molecule has 1 saturated heterocycles. The summed E-state index contributed by atoms with van der Waals surface area (Å²) in [5, 5.41) is 0.638. The molecule has 25 heavy (non-hydrogen) atoms. The fourth-order valence-corrected chi connectivity index (χ4v) is 3.18. The van der Waals surface area contributed by atoms with E-state index < -0.39 is 18.5 Å². The highest BCUT2D eigenvalue weighted by atomic mass is 32.2. The van der Waals surface area contributed by atoms with E-state index in [2.05, 4.69) is 4.98 Å². The fraction of sp³-hybridized carbons (Fsp3) is 0.294. The summed E-state index contributed by atoms with van der Waals surface area (Å²) in [6.45, 7) is -0.0765. The fourth-order valence-electron chi connectivity index (χ4n) is 2.64. The first-order chi connectivity index (χ1) is 12.1. The summed E-state index contributed by atoms with van der Waals surface area (Å²) in [5.74, 6) is -1.37. The Kier molecular flexibility index (Phi) is 5.18. The van der Waals surface area contributed by atoms with Crippen molar-refractivity contribution >= 4 is 29.5 Å². The number of carbonyl (C=O) groups excluding carboxylic acids is 3. The number of hydrogen-bond donors (Lipinski definition) is 0. The molecule has 0 spiro atoms. The van der Waals surface area contributed by atoms with Crippen LogP contribution >= 0.6 is 11.8 Å². The van der Waals surface area contributed by atoms with Gasteiger partial charge in [0.15, 0.2) is 17.5 Å². The molecule has 0 saturated carbocycles. The number of imidazole rings is 1. The van der Waals surface area contributed by atoms with Gasteiger partial charge >= 0.3 is 5.97 Å². The molecule has 0 atom stereocenters. The predicted octanol–water partition coefficient (Wildman–Crippen LogP) is 1.90. The third kappa shape index (κ3) is 3.58. The number of likely N-dealkylation sites (tertiary alicyclic amines) is 1. The number of esters is 1. The summed E-state index contributed by atoms with van der Waals surface area (Å²) >= 11 is 1.40. The number of benzene rings is 1. The van der Waals surface area contributed by atoms with E-state index in [-0.39, 0.29) is 11.6 Å². The van der Waals surface area contributed by atoms with E-state index in [0.29, 0.717) is 24.5 Å². The van der Waals surface area contributed by atoms with Gasteiger partial charge in [-0.1, -0.05) is 30.0 Å². The van der Waals surface area contributed by atoms with Crippen molar-refractivity contribution in [2.24, 2.45) is 0 Å². The molecule has 1 fully saturated rings. The molecule has 2 heterocycles. The molecule has 0 aliphatic carbocycles. The molecule has 1 aliphatic heterocycles. The first-order valence-corrected chi connectivity index (χ1v) is 9.01. The molecule has 7 nitrogen and oxygen atoms in total. The number of hydrogen-bond acceptors (Lipinski definition) is 6. The molecule has 0 unspecified atom stereocenters. The van der Waals surface area contributed by atoms with E-state index in [9.17, 15) is 14.4 Å². The maximum Gasteiger partial charge on any atom is 0.357 e. The minimum Gasteiger partial charge on any atom is -0.451 e. The summed E-state index contributed by atoms with van der Waals surface area (Å²) in [6.07, 6.45) is 4.29. The molecule has 0 N–H and O–H groups in total. The number of aromatic nitrogens is 2. The van der Waals surface area contributed by atoms with Crippen molar-refractivity contribution in [1.29, 1.82) is 0 Å². The van der Waals surface area contributed by atoms with Gasteiger partial charge in [-0.2, -0.15) is 0 Å². The average molecular weight is 359 g/mol. The molecular formula is C17H17N3O4S. The lowest BCUT2D eigenvalue weighted by atomic mass is 10.3. The molecule has 0 bridgehead atoms. The molecular weight excluding hydrogens is 342 g/mol. The topological polar surface area (TPSA) is 81.5 Å². The molecule has 3 rings (SSSR count). The Balaban J connectivity index is 1.75. The number of rotatable bonds is 5. The second-order valence-corrected chi connectivity index (χ2v) is 6.19. The summed E-state index contributed by atoms with van der Waals surface area (Å²) in [6, 6.07) is 9.30. The highest BCUT2D eigenvalue weighted by molar-refractivity contribution is 7.98. The van der Waals surface area contributed by atoms with Crippen LogP contribution in [0.1, 0.15) is 23.3 Å². The van der Waals surface area contributed by atoms with Gasteiger partial charge in [0.25, 0.3) is 5.91 Å². The largest absolute Gasteiger partial charge is 0.451 e. The minimum absolute atomic E-state index is 0.222. The van der Waals surface area contributed by atoms with Crippen LogP contribution in [0.25, 0.3) is 5.69 Å². The lowest BCUT2D eigenvalue weighted by molar-refractivity contribution is -0.143. The third-order valence-electron chi connectivity index (χ3n) is 3.84. The van der Waals surface area contributed by atoms with Crippen LogP contribution in [0.5, 0.6) is 0 Å². The maximum atomic E-state index is 12.4. The van der Waals surface area contributed by atoms with Gasteiger partial charge in [-0.15, -0.1) is 0 Å². The van der Waals surface area contributed by atoms with Crippen LogP contribution in [-0.2, 0) is 14.3 Å². The Morgan fingerprint density at radius 3 is 2.68 bits per heavy atom. The van der Waals surface area contributed by atoms with E-state index in [1.54, 1.807) is 4.57 Å². The zero-order chi connectivity index (χ0) is 17.8. The average Bonchev–Trinajstić information content (AvgIpc) is 3.26. The highest BCUT2D eigenvalue weighted by Crippen LogP contribution is 2.22. The quantitative estimate of drug-likeness (QED) is 0.599. The standard InChI is InChI=1S/C17H17N3O4S/c1-25-17-18-10-13(20(17)12-6-3-2-4-7-12)16(23)24-11-15(22)19-9-5-8-14(19)21/h2-4,6-7,10H,5,8-9,11H2,1H3. The van der Waals surface area contributed by atoms with E-state index in [0.717, 1.165) is 10.6 Å². The molecule has 2 amide bonds. The molecule has 1 aromatic carbocycles. The van der Waals surface area contributed by atoms with Crippen LogP contribution in [-0.4, -0.2) is 51.6 Å². The van der Waals surface area contributed by atoms with Crippen LogP contribution in [0.15, 0.2) is 41.7 Å². The van der Waals surface area contributed by atoms with Crippen molar-refractivity contribution in [3.8, 4) is 5.69 Å². The van der Waals surface area contributed by atoms with Crippen molar-refractivity contribution in [2.75, 3.05) is 19.4 Å². The van der Waals surface area contributed by atoms with Gasteiger partial charge in [-0.05, 0) is 24.8 Å². The number of imide groups is 1. The number of para-hydroxylation sites is 1. The number of amides is 2. The predicted molar refractivity (Wildman–Crippen MR) is 91.6 cm³/mol. The SMILES string of the molecule is CSc1ncc(C(=O)OCC(=O)N2CCCC2=O)n1-c1ccccc1. The van der Waals surface area contributed by atoms with Gasteiger partial charge in [0, 0.05) is 18.7 Å². The maximum absolute atomic E-state index is 12.4. The molecule has 0 radical (unpaired) electrons. The Bertz CT molecular complexity index is 803. The van der Waals surface area contributed by atoms with Crippen molar-refractivity contribution in [1.82, 2.24) is 14.5 Å². The Hall–Kier alpha value is -2.61. The van der Waals surface area contributed by atoms with Crippen LogP contribution in [0.3, 0.4) is 0 Å². The Morgan fingerprint density at radius 2 is 2.04 bits per heavy atom. The highest BCUT2D eigenvalue weighted by Gasteiger charge is 2.28. The summed E-state index contributed by atoms with van der Waals surface area (Å²) < 4.78 is 6.80. The molecule has 130 valence electrons. The summed E-state index contributed by atoms with van der Waals surface area (Å²) in [4.78, 5) is 41.3. The van der Waals surface area contributed by atoms with E-state index in [1.165, 1.54) is 18.0 Å². The van der Waals surface area contributed by atoms with E-state index >= 15 is 0 Å². The summed E-state index contributed by atoms with van der Waals surface area (Å²) in [7, 11) is 0. The van der Waals surface area contributed by atoms with Crippen molar-refractivity contribution in [3.05, 3.63) is 42.2 Å². The van der Waals surface area contributed by atoms with Crippen molar-refractivity contribution in [3.63, 3.8) is 0 Å². The van der Waals surface area contributed by atoms with Gasteiger partial charge in [-0.25, -0.2) is 9.78 Å². The Labute approximate surface area is 149 Å². The Morgan fingerprint density at radius 1 is 1.28 bits per heavy atom. The monoisotopic (exact) mass is 359 g/mol. The van der Waals surface area contributed by atoms with Gasteiger partial charge in [0.1, 0.15) is 0 Å². The van der Waals surface area contributed by atoms with Crippen molar-refractivity contribution < 1.29 is 19.1 Å². The van der Waals surface area contributed by atoms with Crippen LogP contribution < -0.4 is 0 Å². The number of thioether (sulfide) groups is 1. The third-order valence-corrected chi connectivity index (χ3v) is 4.49. The second-order valence-electron chi connectivity index (χ2n) is 5.42. The van der Waals surface area contributed by atoms with E-state index in [4.69, 9.17) is 4.74 Å². The second kappa shape index (κ2) is 7.52. The lowest BCUT2D eigenvalue weighted by Gasteiger charge is -2.14. The van der Waals surface area contributed by atoms with Crippen LogP contribution in [0, 0.1) is 0 Å². The lowest BCUT2D eigenvalue weighted by Crippen LogP contribution is -2.35. The van der Waals surface area contributed by atoms with Gasteiger partial charge in [-0.3, -0.25) is 19.1 Å². The smallest absolute Gasteiger partial charge is 0.357 e. The normalized spacial score (nSPS) is 14.0. The summed E-state index contributed by atoms with van der Waals surface area (Å²) in [5.41, 5.74) is 1.01. The van der Waals surface area contributed by atoms with Gasteiger partial charge < -0.3 is 4.74 Å². The van der Waals surface area contributed by atoms with Crippen LogP contribution in [0.4, 0.5) is 0 Å². The minimum atomic E-state index is -0.656. The molecule has 1 aromatic heterocycles. The molecule has 2 aromatic rings.